The van der Waals surface area contributed by atoms with E-state index in [1.54, 1.807) is 0 Å². The lowest BCUT2D eigenvalue weighted by atomic mass is 10.5. The highest BCUT2D eigenvalue weighted by atomic mass is 32.2. The SMILES string of the molecule is CCSCCCN(C)S. The zero-order valence-corrected chi connectivity index (χ0v) is 7.84. The predicted molar refractivity (Wildman–Crippen MR) is 49.2 cm³/mol. The highest BCUT2D eigenvalue weighted by molar-refractivity contribution is 7.99. The summed E-state index contributed by atoms with van der Waals surface area (Å²) in [7, 11) is 1.99. The molecule has 9 heavy (non-hydrogen) atoms. The van der Waals surface area contributed by atoms with Crippen LogP contribution in [0.2, 0.25) is 0 Å². The van der Waals surface area contributed by atoms with Crippen molar-refractivity contribution in [1.29, 1.82) is 0 Å². The van der Waals surface area contributed by atoms with E-state index < -0.39 is 0 Å². The molecule has 0 N–H and O–H groups in total. The second kappa shape index (κ2) is 6.78. The molecule has 0 aliphatic carbocycles. The van der Waals surface area contributed by atoms with Crippen LogP contribution in [0.5, 0.6) is 0 Å². The zero-order valence-electron chi connectivity index (χ0n) is 6.13. The Morgan fingerprint density at radius 2 is 2.22 bits per heavy atom. The molecule has 0 saturated carbocycles. The first-order valence-electron chi connectivity index (χ1n) is 3.25. The van der Waals surface area contributed by atoms with Gasteiger partial charge >= 0.3 is 0 Å². The number of nitrogens with zero attached hydrogens (tertiary/aromatic N) is 1. The van der Waals surface area contributed by atoms with Gasteiger partial charge in [0.25, 0.3) is 0 Å². The number of hydrogen-bond acceptors (Lipinski definition) is 3. The zero-order chi connectivity index (χ0) is 7.11. The molecule has 0 aromatic heterocycles. The minimum atomic E-state index is 1.09. The van der Waals surface area contributed by atoms with E-state index in [9.17, 15) is 0 Å². The van der Waals surface area contributed by atoms with Gasteiger partial charge in [-0.3, -0.25) is 4.31 Å². The summed E-state index contributed by atoms with van der Waals surface area (Å²) < 4.78 is 1.93. The van der Waals surface area contributed by atoms with Gasteiger partial charge in [0, 0.05) is 6.54 Å². The van der Waals surface area contributed by atoms with Gasteiger partial charge in [0.15, 0.2) is 0 Å². The lowest BCUT2D eigenvalue weighted by Crippen LogP contribution is -2.07. The predicted octanol–water partition coefficient (Wildman–Crippen LogP) is 1.91. The smallest absolute Gasteiger partial charge is 0.00917 e. The van der Waals surface area contributed by atoms with Crippen molar-refractivity contribution in [2.75, 3.05) is 25.1 Å². The number of hydrogen-bond donors (Lipinski definition) is 1. The largest absolute Gasteiger partial charge is 0.256 e. The van der Waals surface area contributed by atoms with Crippen LogP contribution in [0.4, 0.5) is 0 Å². The van der Waals surface area contributed by atoms with Gasteiger partial charge < -0.3 is 0 Å². The molecule has 0 aliphatic rings. The third-order valence-corrected chi connectivity index (χ3v) is 2.16. The summed E-state index contributed by atoms with van der Waals surface area (Å²) >= 11 is 6.11. The molecule has 0 unspecified atom stereocenters. The standard InChI is InChI=1S/C6H15NS2/c1-3-9-6-4-5-7(2)8/h8H,3-6H2,1-2H3. The van der Waals surface area contributed by atoms with Crippen molar-refractivity contribution >= 4 is 24.6 Å². The van der Waals surface area contributed by atoms with Crippen LogP contribution in [0.15, 0.2) is 0 Å². The van der Waals surface area contributed by atoms with Gasteiger partial charge in [-0.05, 0) is 25.0 Å². The first kappa shape index (κ1) is 9.66. The molecule has 0 saturated heterocycles. The Balaban J connectivity index is 2.75. The van der Waals surface area contributed by atoms with E-state index in [1.807, 2.05) is 23.1 Å². The molecule has 0 aromatic carbocycles. The summed E-state index contributed by atoms with van der Waals surface area (Å²) in [5.41, 5.74) is 0. The molecule has 1 nitrogen and oxygen atoms in total. The van der Waals surface area contributed by atoms with Crippen molar-refractivity contribution in [3.63, 3.8) is 0 Å². The third kappa shape index (κ3) is 8.66. The monoisotopic (exact) mass is 165 g/mol. The summed E-state index contributed by atoms with van der Waals surface area (Å²) in [6.07, 6.45) is 1.25. The third-order valence-electron chi connectivity index (χ3n) is 0.975. The van der Waals surface area contributed by atoms with Gasteiger partial charge in [0.05, 0.1) is 0 Å². The van der Waals surface area contributed by atoms with Gasteiger partial charge in [0.2, 0.25) is 0 Å². The molecule has 3 heteroatoms. The Kier molecular flexibility index (Phi) is 7.27. The van der Waals surface area contributed by atoms with Crippen LogP contribution in [0.3, 0.4) is 0 Å². The summed E-state index contributed by atoms with van der Waals surface area (Å²) in [4.78, 5) is 0. The molecule has 0 spiro atoms. The first-order chi connectivity index (χ1) is 4.27. The molecule has 0 amide bonds. The van der Waals surface area contributed by atoms with Crippen LogP contribution >= 0.6 is 24.6 Å². The van der Waals surface area contributed by atoms with Gasteiger partial charge in [-0.25, -0.2) is 0 Å². The topological polar surface area (TPSA) is 3.24 Å². The van der Waals surface area contributed by atoms with Crippen molar-refractivity contribution < 1.29 is 0 Å². The Bertz CT molecular complexity index is 57.0. The summed E-state index contributed by atoms with van der Waals surface area (Å²) in [5, 5.41) is 0. The lowest BCUT2D eigenvalue weighted by molar-refractivity contribution is 0.569. The number of rotatable bonds is 5. The van der Waals surface area contributed by atoms with Crippen molar-refractivity contribution in [1.82, 2.24) is 4.31 Å². The van der Waals surface area contributed by atoms with Crippen LogP contribution in [0, 0.1) is 0 Å². The van der Waals surface area contributed by atoms with Crippen LogP contribution in [-0.2, 0) is 0 Å². The Morgan fingerprint density at radius 1 is 1.56 bits per heavy atom. The second-order valence-electron chi connectivity index (χ2n) is 1.93. The van der Waals surface area contributed by atoms with Crippen LogP contribution in [-0.4, -0.2) is 29.4 Å². The van der Waals surface area contributed by atoms with E-state index in [0.29, 0.717) is 0 Å². The molecule has 0 aliphatic heterocycles. The fraction of sp³-hybridized carbons (Fsp3) is 1.00. The van der Waals surface area contributed by atoms with E-state index in [0.717, 1.165) is 6.54 Å². The van der Waals surface area contributed by atoms with E-state index in [4.69, 9.17) is 0 Å². The van der Waals surface area contributed by atoms with Gasteiger partial charge in [-0.15, -0.1) is 0 Å². The summed E-state index contributed by atoms with van der Waals surface area (Å²) in [6.45, 7) is 3.28. The maximum Gasteiger partial charge on any atom is 0.00917 e. The molecular weight excluding hydrogens is 150 g/mol. The van der Waals surface area contributed by atoms with Crippen molar-refractivity contribution in [3.8, 4) is 0 Å². The van der Waals surface area contributed by atoms with E-state index >= 15 is 0 Å². The molecule has 56 valence electrons. The minimum Gasteiger partial charge on any atom is -0.256 e. The fourth-order valence-corrected chi connectivity index (χ4v) is 1.30. The molecule has 0 radical (unpaired) electrons. The average molecular weight is 165 g/mol. The van der Waals surface area contributed by atoms with E-state index in [1.165, 1.54) is 17.9 Å². The normalized spacial score (nSPS) is 10.7. The highest BCUT2D eigenvalue weighted by Crippen LogP contribution is 2.01. The average Bonchev–Trinajstić information content (AvgIpc) is 1.80. The van der Waals surface area contributed by atoms with Crippen molar-refractivity contribution in [3.05, 3.63) is 0 Å². The van der Waals surface area contributed by atoms with Crippen LogP contribution in [0.25, 0.3) is 0 Å². The molecule has 0 aromatic rings. The summed E-state index contributed by atoms with van der Waals surface area (Å²) in [6, 6.07) is 0. The summed E-state index contributed by atoms with van der Waals surface area (Å²) in [5.74, 6) is 2.50. The van der Waals surface area contributed by atoms with Gasteiger partial charge in [-0.2, -0.15) is 11.8 Å². The highest BCUT2D eigenvalue weighted by Gasteiger charge is 1.89. The lowest BCUT2D eigenvalue weighted by Gasteiger charge is -2.05. The maximum atomic E-state index is 4.12. The van der Waals surface area contributed by atoms with Gasteiger partial charge in [-0.1, -0.05) is 19.7 Å². The molecule has 0 fully saturated rings. The minimum absolute atomic E-state index is 1.09. The number of thiol groups is 1. The van der Waals surface area contributed by atoms with Crippen molar-refractivity contribution in [2.45, 2.75) is 13.3 Å². The Morgan fingerprint density at radius 3 is 2.67 bits per heavy atom. The van der Waals surface area contributed by atoms with E-state index in [-0.39, 0.29) is 0 Å². The molecule has 0 atom stereocenters. The Labute approximate surface area is 67.7 Å². The van der Waals surface area contributed by atoms with Crippen LogP contribution < -0.4 is 0 Å². The van der Waals surface area contributed by atoms with Crippen molar-refractivity contribution in [2.24, 2.45) is 0 Å². The van der Waals surface area contributed by atoms with Gasteiger partial charge in [0.1, 0.15) is 0 Å². The molecule has 0 rings (SSSR count). The fourth-order valence-electron chi connectivity index (χ4n) is 0.540. The van der Waals surface area contributed by atoms with E-state index in [2.05, 4.69) is 19.7 Å². The maximum absolute atomic E-state index is 4.12. The first-order valence-corrected chi connectivity index (χ1v) is 4.80. The molecule has 0 bridgehead atoms. The molecular formula is C6H15NS2. The molecule has 0 heterocycles. The second-order valence-corrected chi connectivity index (χ2v) is 4.01. The number of thioether (sulfide) groups is 1. The quantitative estimate of drug-likeness (QED) is 0.489. The Hall–Kier alpha value is 0.660. The van der Waals surface area contributed by atoms with Crippen LogP contribution in [0.1, 0.15) is 13.3 Å².